The van der Waals surface area contributed by atoms with E-state index in [4.69, 9.17) is 9.29 Å². The molecule has 0 rings (SSSR count). The molecule has 0 aliphatic carbocycles. The zero-order chi connectivity index (χ0) is 13.9. The van der Waals surface area contributed by atoms with Gasteiger partial charge in [-0.3, -0.25) is 4.79 Å². The topological polar surface area (TPSA) is 63.6 Å². The summed E-state index contributed by atoms with van der Waals surface area (Å²) in [7, 11) is -3.06. The molecule has 0 aliphatic heterocycles. The lowest BCUT2D eigenvalue weighted by molar-refractivity contribution is -0.143. The SMILES string of the molecule is CCCCCCCC(=O)OCCCCS(=O)(O)=S. The third-order valence-corrected chi connectivity index (χ3v) is 3.85. The summed E-state index contributed by atoms with van der Waals surface area (Å²) in [5.74, 6) is -0.0775. The fourth-order valence-electron chi connectivity index (χ4n) is 1.52. The number of carbonyl (C=O) groups excluding carboxylic acids is 1. The number of rotatable bonds is 11. The van der Waals surface area contributed by atoms with E-state index in [0.717, 1.165) is 12.8 Å². The van der Waals surface area contributed by atoms with E-state index >= 15 is 0 Å². The summed E-state index contributed by atoms with van der Waals surface area (Å²) in [6.07, 6.45) is 7.13. The van der Waals surface area contributed by atoms with E-state index in [-0.39, 0.29) is 11.7 Å². The standard InChI is InChI=1S/C12H24O4S2/c1-2-3-4-5-6-9-12(13)16-10-7-8-11-18(14,15)17/h2-11H2,1H3,(H,14,15,17). The second-order valence-corrected chi connectivity index (χ2v) is 7.51. The highest BCUT2D eigenvalue weighted by molar-refractivity contribution is 8.29. The Morgan fingerprint density at radius 3 is 2.44 bits per heavy atom. The van der Waals surface area contributed by atoms with Gasteiger partial charge in [0.25, 0.3) is 0 Å². The van der Waals surface area contributed by atoms with Gasteiger partial charge in [-0.15, -0.1) is 0 Å². The molecule has 6 heteroatoms. The second kappa shape index (κ2) is 10.7. The van der Waals surface area contributed by atoms with Crippen LogP contribution in [0.15, 0.2) is 0 Å². The minimum Gasteiger partial charge on any atom is -0.466 e. The molecule has 0 saturated carbocycles. The molecule has 0 radical (unpaired) electrons. The molecule has 1 N–H and O–H groups in total. The monoisotopic (exact) mass is 296 g/mol. The minimum absolute atomic E-state index is 0.0941. The molecule has 0 saturated heterocycles. The van der Waals surface area contributed by atoms with E-state index < -0.39 is 8.77 Å². The van der Waals surface area contributed by atoms with Gasteiger partial charge >= 0.3 is 5.97 Å². The van der Waals surface area contributed by atoms with Crippen LogP contribution in [-0.2, 0) is 29.5 Å². The maximum Gasteiger partial charge on any atom is 0.305 e. The van der Waals surface area contributed by atoms with Crippen molar-refractivity contribution < 1.29 is 18.3 Å². The molecule has 0 amide bonds. The molecule has 0 heterocycles. The predicted octanol–water partition coefficient (Wildman–Crippen LogP) is 2.89. The van der Waals surface area contributed by atoms with Crippen LogP contribution in [0.5, 0.6) is 0 Å². The van der Waals surface area contributed by atoms with Crippen molar-refractivity contribution in [1.82, 2.24) is 0 Å². The van der Waals surface area contributed by atoms with E-state index in [9.17, 15) is 9.00 Å². The first-order valence-corrected chi connectivity index (χ1v) is 9.17. The average Bonchev–Trinajstić information content (AvgIpc) is 2.27. The van der Waals surface area contributed by atoms with Gasteiger partial charge in [0, 0.05) is 23.4 Å². The van der Waals surface area contributed by atoms with Crippen molar-refractivity contribution in [2.75, 3.05) is 12.4 Å². The number of hydrogen-bond donors (Lipinski definition) is 1. The Hall–Kier alpha value is -0.200. The smallest absolute Gasteiger partial charge is 0.305 e. The highest BCUT2D eigenvalue weighted by atomic mass is 32.8. The Kier molecular flexibility index (Phi) is 10.6. The Labute approximate surface area is 115 Å². The molecule has 0 aliphatic rings. The molecule has 0 aromatic heterocycles. The quantitative estimate of drug-likeness (QED) is 0.469. The zero-order valence-electron chi connectivity index (χ0n) is 11.1. The molecular formula is C12H24O4S2. The first-order chi connectivity index (χ1) is 8.45. The molecule has 0 aromatic carbocycles. The summed E-state index contributed by atoms with van der Waals surface area (Å²) in [5.41, 5.74) is 0. The van der Waals surface area contributed by atoms with Crippen LogP contribution >= 0.6 is 0 Å². The number of hydrogen-bond acceptors (Lipinski definition) is 4. The molecule has 1 atom stereocenters. The van der Waals surface area contributed by atoms with Crippen molar-refractivity contribution in [2.45, 2.75) is 58.3 Å². The van der Waals surface area contributed by atoms with Crippen molar-refractivity contribution in [1.29, 1.82) is 0 Å². The third kappa shape index (κ3) is 13.9. The van der Waals surface area contributed by atoms with Gasteiger partial charge in [0.05, 0.1) is 6.61 Å². The molecule has 0 aromatic rings. The first-order valence-electron chi connectivity index (χ1n) is 6.56. The van der Waals surface area contributed by atoms with E-state index in [1.54, 1.807) is 0 Å². The molecule has 0 spiro atoms. The lowest BCUT2D eigenvalue weighted by Crippen LogP contribution is -2.08. The normalized spacial score (nSPS) is 14.1. The lowest BCUT2D eigenvalue weighted by atomic mass is 10.1. The van der Waals surface area contributed by atoms with Gasteiger partial charge in [-0.1, -0.05) is 32.6 Å². The van der Waals surface area contributed by atoms with Gasteiger partial charge in [0.2, 0.25) is 0 Å². The Morgan fingerprint density at radius 1 is 1.17 bits per heavy atom. The van der Waals surface area contributed by atoms with Gasteiger partial charge in [-0.05, 0) is 19.3 Å². The van der Waals surface area contributed by atoms with E-state index in [1.807, 2.05) is 0 Å². The summed E-state index contributed by atoms with van der Waals surface area (Å²) in [6, 6.07) is 0. The van der Waals surface area contributed by atoms with Gasteiger partial charge in [0.1, 0.15) is 8.77 Å². The Morgan fingerprint density at radius 2 is 1.83 bits per heavy atom. The van der Waals surface area contributed by atoms with Crippen LogP contribution in [0.2, 0.25) is 0 Å². The Bertz CT molecular complexity index is 312. The van der Waals surface area contributed by atoms with Crippen molar-refractivity contribution in [3.8, 4) is 0 Å². The van der Waals surface area contributed by atoms with Crippen LogP contribution < -0.4 is 0 Å². The van der Waals surface area contributed by atoms with Crippen LogP contribution in [0.25, 0.3) is 0 Å². The van der Waals surface area contributed by atoms with Gasteiger partial charge in [0.15, 0.2) is 0 Å². The molecule has 1 unspecified atom stereocenters. The highest BCUT2D eigenvalue weighted by Gasteiger charge is 2.03. The van der Waals surface area contributed by atoms with Crippen LogP contribution in [0.1, 0.15) is 58.3 Å². The van der Waals surface area contributed by atoms with Crippen molar-refractivity contribution in [3.05, 3.63) is 0 Å². The van der Waals surface area contributed by atoms with Crippen LogP contribution in [0.3, 0.4) is 0 Å². The number of esters is 1. The molecule has 0 bridgehead atoms. The molecule has 0 fully saturated rings. The zero-order valence-corrected chi connectivity index (χ0v) is 12.7. The largest absolute Gasteiger partial charge is 0.466 e. The summed E-state index contributed by atoms with van der Waals surface area (Å²) in [4.78, 5) is 11.3. The molecule has 108 valence electrons. The summed E-state index contributed by atoms with van der Waals surface area (Å²) < 4.78 is 24.6. The average molecular weight is 296 g/mol. The van der Waals surface area contributed by atoms with Gasteiger partial charge in [-0.2, -0.15) is 0 Å². The molecule has 18 heavy (non-hydrogen) atoms. The number of unbranched alkanes of at least 4 members (excludes halogenated alkanes) is 5. The van der Waals surface area contributed by atoms with Crippen LogP contribution in [0.4, 0.5) is 0 Å². The van der Waals surface area contributed by atoms with E-state index in [1.165, 1.54) is 19.3 Å². The Balaban J connectivity index is 3.32. The molecular weight excluding hydrogens is 272 g/mol. The number of ether oxygens (including phenoxy) is 1. The van der Waals surface area contributed by atoms with Crippen molar-refractivity contribution >= 4 is 25.9 Å². The maximum atomic E-state index is 11.3. The summed E-state index contributed by atoms with van der Waals surface area (Å²) in [6.45, 7) is 2.47. The number of carbonyl (C=O) groups is 1. The summed E-state index contributed by atoms with van der Waals surface area (Å²) in [5, 5.41) is 0. The van der Waals surface area contributed by atoms with Crippen LogP contribution in [0, 0.1) is 0 Å². The first kappa shape index (κ1) is 17.8. The lowest BCUT2D eigenvalue weighted by Gasteiger charge is -2.04. The van der Waals surface area contributed by atoms with Crippen molar-refractivity contribution in [3.63, 3.8) is 0 Å². The van der Waals surface area contributed by atoms with Gasteiger partial charge < -0.3 is 9.29 Å². The highest BCUT2D eigenvalue weighted by Crippen LogP contribution is 2.06. The second-order valence-electron chi connectivity index (χ2n) is 4.38. The fourth-order valence-corrected chi connectivity index (χ4v) is 2.44. The van der Waals surface area contributed by atoms with E-state index in [2.05, 4.69) is 18.1 Å². The maximum absolute atomic E-state index is 11.3. The summed E-state index contributed by atoms with van der Waals surface area (Å²) >= 11 is 4.35. The molecule has 4 nitrogen and oxygen atoms in total. The third-order valence-electron chi connectivity index (χ3n) is 2.54. The minimum atomic E-state index is -3.06. The van der Waals surface area contributed by atoms with E-state index in [0.29, 0.717) is 25.9 Å². The fraction of sp³-hybridized carbons (Fsp3) is 0.917. The van der Waals surface area contributed by atoms with Crippen LogP contribution in [-0.4, -0.2) is 27.1 Å². The predicted molar refractivity (Wildman–Crippen MR) is 76.6 cm³/mol. The van der Waals surface area contributed by atoms with Crippen molar-refractivity contribution in [2.24, 2.45) is 0 Å². The van der Waals surface area contributed by atoms with Gasteiger partial charge in [-0.25, -0.2) is 4.21 Å².